The topological polar surface area (TPSA) is 110 Å². The maximum absolute atomic E-state index is 12.4. The summed E-state index contributed by atoms with van der Waals surface area (Å²) in [5, 5.41) is 7.74. The highest BCUT2D eigenvalue weighted by Crippen LogP contribution is 2.27. The molecule has 9 heteroatoms. The van der Waals surface area contributed by atoms with Crippen molar-refractivity contribution >= 4 is 49.1 Å². The van der Waals surface area contributed by atoms with Gasteiger partial charge in [0, 0.05) is 28.8 Å². The summed E-state index contributed by atoms with van der Waals surface area (Å²) in [5.74, 6) is -0.887. The number of nitrogens with zero attached hydrogens (tertiary/aromatic N) is 1. The molecule has 0 aromatic heterocycles. The third-order valence-electron chi connectivity index (χ3n) is 4.08. The van der Waals surface area contributed by atoms with Gasteiger partial charge in [-0.2, -0.15) is 0 Å². The number of amides is 2. The van der Waals surface area contributed by atoms with E-state index in [4.69, 9.17) is 5.14 Å². The Balaban J connectivity index is 1.67. The molecule has 3 N–H and O–H groups in total. The summed E-state index contributed by atoms with van der Waals surface area (Å²) in [4.78, 5) is 26.2. The van der Waals surface area contributed by atoms with Crippen LogP contribution in [0.4, 0.5) is 11.4 Å². The maximum atomic E-state index is 12.4. The summed E-state index contributed by atoms with van der Waals surface area (Å²) >= 11 is 3.35. The molecule has 1 saturated heterocycles. The van der Waals surface area contributed by atoms with Crippen LogP contribution in [0.2, 0.25) is 0 Å². The number of nitrogens with one attached hydrogen (secondary N) is 1. The standard InChI is InChI=1S/C17H16BrN3O4S/c18-12-1-5-14(6-2-12)21-10-11(9-16(21)22)17(23)20-13-3-7-15(8-4-13)26(19,24)25/h1-8,11H,9-10H2,(H,20,23)(H2,19,24,25)/t11-/m0/s1. The van der Waals surface area contributed by atoms with Gasteiger partial charge in [-0.15, -0.1) is 0 Å². The lowest BCUT2D eigenvalue weighted by atomic mass is 10.1. The van der Waals surface area contributed by atoms with Crippen LogP contribution in [0.5, 0.6) is 0 Å². The summed E-state index contributed by atoms with van der Waals surface area (Å²) in [6.45, 7) is 0.293. The largest absolute Gasteiger partial charge is 0.326 e. The zero-order chi connectivity index (χ0) is 18.9. The van der Waals surface area contributed by atoms with Crippen LogP contribution < -0.4 is 15.4 Å². The molecule has 1 atom stereocenters. The Morgan fingerprint density at radius 1 is 1.12 bits per heavy atom. The Morgan fingerprint density at radius 2 is 1.73 bits per heavy atom. The zero-order valence-corrected chi connectivity index (χ0v) is 16.0. The molecule has 0 bridgehead atoms. The first kappa shape index (κ1) is 18.6. The van der Waals surface area contributed by atoms with Crippen LogP contribution >= 0.6 is 15.9 Å². The van der Waals surface area contributed by atoms with Crippen molar-refractivity contribution in [3.8, 4) is 0 Å². The molecule has 2 aromatic carbocycles. The Hall–Kier alpha value is -2.23. The number of primary sulfonamides is 1. The van der Waals surface area contributed by atoms with Gasteiger partial charge in [0.05, 0.1) is 10.8 Å². The van der Waals surface area contributed by atoms with Crippen molar-refractivity contribution in [3.63, 3.8) is 0 Å². The van der Waals surface area contributed by atoms with Crippen molar-refractivity contribution in [1.82, 2.24) is 0 Å². The van der Waals surface area contributed by atoms with E-state index in [-0.39, 0.29) is 23.1 Å². The van der Waals surface area contributed by atoms with E-state index in [1.165, 1.54) is 24.3 Å². The Kier molecular flexibility index (Phi) is 5.12. The first-order valence-corrected chi connectivity index (χ1v) is 10.1. The van der Waals surface area contributed by atoms with E-state index in [2.05, 4.69) is 21.2 Å². The first-order chi connectivity index (χ1) is 12.2. The molecule has 0 radical (unpaired) electrons. The fourth-order valence-corrected chi connectivity index (χ4v) is 3.51. The average molecular weight is 438 g/mol. The van der Waals surface area contributed by atoms with E-state index in [1.54, 1.807) is 4.90 Å². The highest BCUT2D eigenvalue weighted by molar-refractivity contribution is 9.10. The lowest BCUT2D eigenvalue weighted by molar-refractivity contribution is -0.122. The van der Waals surface area contributed by atoms with Gasteiger partial charge in [0.2, 0.25) is 21.8 Å². The van der Waals surface area contributed by atoms with Crippen molar-refractivity contribution in [3.05, 3.63) is 53.0 Å². The van der Waals surface area contributed by atoms with E-state index >= 15 is 0 Å². The molecule has 3 rings (SSSR count). The number of anilines is 2. The van der Waals surface area contributed by atoms with Gasteiger partial charge in [-0.1, -0.05) is 15.9 Å². The van der Waals surface area contributed by atoms with Gasteiger partial charge in [-0.25, -0.2) is 13.6 Å². The summed E-state index contributed by atoms with van der Waals surface area (Å²) in [6, 6.07) is 12.9. The van der Waals surface area contributed by atoms with Crippen LogP contribution in [-0.2, 0) is 19.6 Å². The number of sulfonamides is 1. The summed E-state index contributed by atoms with van der Waals surface area (Å²) in [6.07, 6.45) is 0.122. The van der Waals surface area contributed by atoms with Gasteiger partial charge < -0.3 is 10.2 Å². The highest BCUT2D eigenvalue weighted by atomic mass is 79.9. The number of halogens is 1. The second kappa shape index (κ2) is 7.18. The molecule has 7 nitrogen and oxygen atoms in total. The predicted octanol–water partition coefficient (Wildman–Crippen LogP) is 2.09. The Labute approximate surface area is 159 Å². The number of rotatable bonds is 4. The summed E-state index contributed by atoms with van der Waals surface area (Å²) in [7, 11) is -3.78. The molecule has 26 heavy (non-hydrogen) atoms. The molecule has 2 amide bonds. The third kappa shape index (κ3) is 4.12. The molecule has 1 fully saturated rings. The molecule has 1 heterocycles. The smallest absolute Gasteiger partial charge is 0.238 e. The molecule has 136 valence electrons. The van der Waals surface area contributed by atoms with Gasteiger partial charge in [0.15, 0.2) is 0 Å². The molecule has 0 spiro atoms. The first-order valence-electron chi connectivity index (χ1n) is 7.74. The quantitative estimate of drug-likeness (QED) is 0.762. The van der Waals surface area contributed by atoms with Crippen molar-refractivity contribution < 1.29 is 18.0 Å². The second-order valence-corrected chi connectivity index (χ2v) is 8.42. The molecule has 2 aromatic rings. The van der Waals surface area contributed by atoms with Crippen LogP contribution in [0, 0.1) is 5.92 Å². The van der Waals surface area contributed by atoms with Crippen molar-refractivity contribution in [2.24, 2.45) is 11.1 Å². The monoisotopic (exact) mass is 437 g/mol. The fraction of sp³-hybridized carbons (Fsp3) is 0.176. The number of benzene rings is 2. The molecule has 0 unspecified atom stereocenters. The zero-order valence-electron chi connectivity index (χ0n) is 13.6. The molecule has 0 saturated carbocycles. The molecular formula is C17H16BrN3O4S. The number of hydrogen-bond donors (Lipinski definition) is 2. The van der Waals surface area contributed by atoms with Gasteiger partial charge >= 0.3 is 0 Å². The van der Waals surface area contributed by atoms with E-state index in [0.717, 1.165) is 10.2 Å². The lowest BCUT2D eigenvalue weighted by Gasteiger charge is -2.16. The molecule has 1 aliphatic heterocycles. The van der Waals surface area contributed by atoms with Crippen LogP contribution in [0.1, 0.15) is 6.42 Å². The van der Waals surface area contributed by atoms with Crippen LogP contribution in [0.15, 0.2) is 57.9 Å². The van der Waals surface area contributed by atoms with E-state index in [0.29, 0.717) is 12.2 Å². The van der Waals surface area contributed by atoms with Gasteiger partial charge in [-0.3, -0.25) is 9.59 Å². The predicted molar refractivity (Wildman–Crippen MR) is 101 cm³/mol. The van der Waals surface area contributed by atoms with Crippen LogP contribution in [-0.4, -0.2) is 26.8 Å². The number of carbonyl (C=O) groups is 2. The van der Waals surface area contributed by atoms with Crippen molar-refractivity contribution in [1.29, 1.82) is 0 Å². The second-order valence-electron chi connectivity index (χ2n) is 5.94. The van der Waals surface area contributed by atoms with Crippen LogP contribution in [0.25, 0.3) is 0 Å². The summed E-state index contributed by atoms with van der Waals surface area (Å²) in [5.41, 5.74) is 1.18. The number of carbonyl (C=O) groups excluding carboxylic acids is 2. The summed E-state index contributed by atoms with van der Waals surface area (Å²) < 4.78 is 23.4. The van der Waals surface area contributed by atoms with Gasteiger partial charge in [0.1, 0.15) is 0 Å². The maximum Gasteiger partial charge on any atom is 0.238 e. The van der Waals surface area contributed by atoms with E-state index in [1.807, 2.05) is 24.3 Å². The SMILES string of the molecule is NS(=O)(=O)c1ccc(NC(=O)[C@H]2CC(=O)N(c3ccc(Br)cc3)C2)cc1. The normalized spacial score (nSPS) is 17.4. The Morgan fingerprint density at radius 3 is 2.31 bits per heavy atom. The van der Waals surface area contributed by atoms with Crippen molar-refractivity contribution in [2.45, 2.75) is 11.3 Å². The minimum Gasteiger partial charge on any atom is -0.326 e. The van der Waals surface area contributed by atoms with Crippen LogP contribution in [0.3, 0.4) is 0 Å². The van der Waals surface area contributed by atoms with Crippen molar-refractivity contribution in [2.75, 3.05) is 16.8 Å². The minimum atomic E-state index is -3.78. The minimum absolute atomic E-state index is 0.0343. The molecule has 1 aliphatic rings. The molecular weight excluding hydrogens is 422 g/mol. The lowest BCUT2D eigenvalue weighted by Crippen LogP contribution is -2.28. The fourth-order valence-electron chi connectivity index (χ4n) is 2.73. The van der Waals surface area contributed by atoms with Gasteiger partial charge in [-0.05, 0) is 48.5 Å². The van der Waals surface area contributed by atoms with E-state index in [9.17, 15) is 18.0 Å². The average Bonchev–Trinajstić information content (AvgIpc) is 2.97. The number of nitrogens with two attached hydrogens (primary N) is 1. The van der Waals surface area contributed by atoms with E-state index < -0.39 is 15.9 Å². The van der Waals surface area contributed by atoms with Gasteiger partial charge in [0.25, 0.3) is 0 Å². The molecule has 0 aliphatic carbocycles. The number of hydrogen-bond acceptors (Lipinski definition) is 4. The Bertz CT molecular complexity index is 943. The highest BCUT2D eigenvalue weighted by Gasteiger charge is 2.35. The third-order valence-corrected chi connectivity index (χ3v) is 5.54.